The SMILES string of the molecule is CC(C)(C)C(C(=O)O)n1cc(N)cn1. The molecule has 0 radical (unpaired) electrons. The first-order valence-corrected chi connectivity index (χ1v) is 4.35. The summed E-state index contributed by atoms with van der Waals surface area (Å²) in [7, 11) is 0. The van der Waals surface area contributed by atoms with Crippen molar-refractivity contribution in [2.24, 2.45) is 5.41 Å². The molecule has 0 bridgehead atoms. The molecule has 0 aliphatic heterocycles. The van der Waals surface area contributed by atoms with Gasteiger partial charge in [-0.2, -0.15) is 5.10 Å². The summed E-state index contributed by atoms with van der Waals surface area (Å²) in [5.74, 6) is -0.902. The fourth-order valence-corrected chi connectivity index (χ4v) is 1.37. The lowest BCUT2D eigenvalue weighted by Crippen LogP contribution is -2.31. The molecule has 1 aromatic rings. The van der Waals surface area contributed by atoms with Crippen molar-refractivity contribution in [2.45, 2.75) is 26.8 Å². The molecule has 0 amide bonds. The van der Waals surface area contributed by atoms with Gasteiger partial charge in [-0.25, -0.2) is 4.79 Å². The predicted molar refractivity (Wildman–Crippen MR) is 52.8 cm³/mol. The molecule has 0 saturated carbocycles. The second kappa shape index (κ2) is 3.32. The highest BCUT2D eigenvalue weighted by Crippen LogP contribution is 2.30. The maximum atomic E-state index is 11.1. The van der Waals surface area contributed by atoms with Crippen molar-refractivity contribution in [2.75, 3.05) is 5.73 Å². The third-order valence-electron chi connectivity index (χ3n) is 1.94. The van der Waals surface area contributed by atoms with Gasteiger partial charge in [0, 0.05) is 6.20 Å². The Hall–Kier alpha value is -1.52. The first-order chi connectivity index (χ1) is 6.32. The van der Waals surface area contributed by atoms with Gasteiger partial charge >= 0.3 is 5.97 Å². The van der Waals surface area contributed by atoms with Crippen molar-refractivity contribution < 1.29 is 9.90 Å². The molecule has 1 atom stereocenters. The van der Waals surface area contributed by atoms with E-state index in [0.717, 1.165) is 0 Å². The topological polar surface area (TPSA) is 81.1 Å². The minimum Gasteiger partial charge on any atom is -0.480 e. The lowest BCUT2D eigenvalue weighted by Gasteiger charge is -2.26. The van der Waals surface area contributed by atoms with Crippen LogP contribution in [0, 0.1) is 5.41 Å². The van der Waals surface area contributed by atoms with E-state index in [9.17, 15) is 4.79 Å². The molecule has 5 nitrogen and oxygen atoms in total. The Morgan fingerprint density at radius 3 is 2.50 bits per heavy atom. The summed E-state index contributed by atoms with van der Waals surface area (Å²) in [6, 6.07) is -0.695. The molecule has 3 N–H and O–H groups in total. The van der Waals surface area contributed by atoms with E-state index in [-0.39, 0.29) is 0 Å². The van der Waals surface area contributed by atoms with E-state index in [1.165, 1.54) is 17.1 Å². The van der Waals surface area contributed by atoms with E-state index in [1.54, 1.807) is 0 Å². The van der Waals surface area contributed by atoms with Crippen LogP contribution in [0.4, 0.5) is 5.69 Å². The fourth-order valence-electron chi connectivity index (χ4n) is 1.37. The Morgan fingerprint density at radius 2 is 2.21 bits per heavy atom. The molecule has 14 heavy (non-hydrogen) atoms. The minimum absolute atomic E-state index is 0.399. The largest absolute Gasteiger partial charge is 0.480 e. The van der Waals surface area contributed by atoms with Crippen molar-refractivity contribution in [3.8, 4) is 0 Å². The number of nitrogen functional groups attached to an aromatic ring is 1. The van der Waals surface area contributed by atoms with Crippen molar-refractivity contribution in [3.05, 3.63) is 12.4 Å². The average molecular weight is 197 g/mol. The number of carbonyl (C=O) groups is 1. The molecule has 1 heterocycles. The molecule has 1 unspecified atom stereocenters. The number of nitrogens with two attached hydrogens (primary N) is 1. The standard InChI is InChI=1S/C9H15N3O2/c1-9(2,3)7(8(13)14)12-5-6(10)4-11-12/h4-5,7H,10H2,1-3H3,(H,13,14). The van der Waals surface area contributed by atoms with Gasteiger partial charge in [0.25, 0.3) is 0 Å². The summed E-state index contributed by atoms with van der Waals surface area (Å²) in [4.78, 5) is 11.1. The van der Waals surface area contributed by atoms with Crippen molar-refractivity contribution in [1.29, 1.82) is 0 Å². The zero-order valence-corrected chi connectivity index (χ0v) is 8.56. The van der Waals surface area contributed by atoms with Crippen LogP contribution < -0.4 is 5.73 Å². The summed E-state index contributed by atoms with van der Waals surface area (Å²) < 4.78 is 1.39. The Labute approximate surface area is 82.5 Å². The van der Waals surface area contributed by atoms with E-state index in [2.05, 4.69) is 5.10 Å². The molecule has 0 fully saturated rings. The van der Waals surface area contributed by atoms with E-state index >= 15 is 0 Å². The molecule has 0 spiro atoms. The normalized spacial score (nSPS) is 13.9. The first-order valence-electron chi connectivity index (χ1n) is 4.35. The lowest BCUT2D eigenvalue weighted by atomic mass is 9.87. The van der Waals surface area contributed by atoms with Crippen LogP contribution in [0.5, 0.6) is 0 Å². The second-order valence-electron chi connectivity index (χ2n) is 4.36. The molecular formula is C9H15N3O2. The summed E-state index contributed by atoms with van der Waals surface area (Å²) in [5, 5.41) is 13.0. The van der Waals surface area contributed by atoms with Crippen molar-refractivity contribution >= 4 is 11.7 Å². The van der Waals surface area contributed by atoms with Gasteiger partial charge in [0.2, 0.25) is 0 Å². The van der Waals surface area contributed by atoms with Gasteiger partial charge in [-0.3, -0.25) is 4.68 Å². The second-order valence-corrected chi connectivity index (χ2v) is 4.36. The number of carboxylic acid groups (broad SMARTS) is 1. The zero-order valence-electron chi connectivity index (χ0n) is 8.56. The molecule has 5 heteroatoms. The molecule has 1 aromatic heterocycles. The van der Waals surface area contributed by atoms with Gasteiger partial charge in [0.15, 0.2) is 6.04 Å². The first kappa shape index (κ1) is 10.6. The number of aliphatic carboxylic acids is 1. The highest BCUT2D eigenvalue weighted by molar-refractivity contribution is 5.72. The highest BCUT2D eigenvalue weighted by Gasteiger charge is 2.33. The van der Waals surface area contributed by atoms with Gasteiger partial charge in [-0.15, -0.1) is 0 Å². The third kappa shape index (κ3) is 2.04. The average Bonchev–Trinajstić information content (AvgIpc) is 2.31. The Bertz CT molecular complexity index is 338. The summed E-state index contributed by atoms with van der Waals surface area (Å²) in [5.41, 5.74) is 5.56. The quantitative estimate of drug-likeness (QED) is 0.744. The molecule has 0 aromatic carbocycles. The van der Waals surface area contributed by atoms with Crippen molar-refractivity contribution in [3.63, 3.8) is 0 Å². The molecule has 0 aliphatic carbocycles. The van der Waals surface area contributed by atoms with Gasteiger partial charge < -0.3 is 10.8 Å². The van der Waals surface area contributed by atoms with Crippen LogP contribution >= 0.6 is 0 Å². The highest BCUT2D eigenvalue weighted by atomic mass is 16.4. The molecular weight excluding hydrogens is 182 g/mol. The van der Waals surface area contributed by atoms with Gasteiger partial charge in [0.1, 0.15) is 0 Å². The third-order valence-corrected chi connectivity index (χ3v) is 1.94. The molecule has 78 valence electrons. The number of nitrogens with zero attached hydrogens (tertiary/aromatic N) is 2. The van der Waals surface area contributed by atoms with Crippen LogP contribution in [0.3, 0.4) is 0 Å². The van der Waals surface area contributed by atoms with Gasteiger partial charge in [-0.05, 0) is 5.41 Å². The van der Waals surface area contributed by atoms with E-state index in [1.807, 2.05) is 20.8 Å². The maximum absolute atomic E-state index is 11.1. The van der Waals surface area contributed by atoms with E-state index < -0.39 is 17.4 Å². The number of hydrogen-bond donors (Lipinski definition) is 2. The van der Waals surface area contributed by atoms with Crippen LogP contribution in [0.25, 0.3) is 0 Å². The number of carboxylic acids is 1. The van der Waals surface area contributed by atoms with Crippen LogP contribution in [0.15, 0.2) is 12.4 Å². The smallest absolute Gasteiger partial charge is 0.329 e. The van der Waals surface area contributed by atoms with Crippen molar-refractivity contribution in [1.82, 2.24) is 9.78 Å². The van der Waals surface area contributed by atoms with Gasteiger partial charge in [-0.1, -0.05) is 20.8 Å². The Balaban J connectivity index is 3.07. The number of anilines is 1. The Kier molecular flexibility index (Phi) is 2.51. The number of rotatable bonds is 2. The predicted octanol–water partition coefficient (Wildman–Crippen LogP) is 1.14. The number of aromatic nitrogens is 2. The monoisotopic (exact) mass is 197 g/mol. The fraction of sp³-hybridized carbons (Fsp3) is 0.556. The molecule has 0 aliphatic rings. The van der Waals surface area contributed by atoms with Crippen LogP contribution in [0.2, 0.25) is 0 Å². The molecule has 1 rings (SSSR count). The molecule has 0 saturated heterocycles. The van der Waals surface area contributed by atoms with Crippen LogP contribution in [0.1, 0.15) is 26.8 Å². The van der Waals surface area contributed by atoms with Gasteiger partial charge in [0.05, 0.1) is 11.9 Å². The minimum atomic E-state index is -0.902. The Morgan fingerprint density at radius 1 is 1.64 bits per heavy atom. The number of hydrogen-bond acceptors (Lipinski definition) is 3. The van der Waals surface area contributed by atoms with E-state index in [0.29, 0.717) is 5.69 Å². The summed E-state index contributed by atoms with van der Waals surface area (Å²) in [6.45, 7) is 5.55. The summed E-state index contributed by atoms with van der Waals surface area (Å²) >= 11 is 0. The summed E-state index contributed by atoms with van der Waals surface area (Å²) in [6.07, 6.45) is 2.98. The van der Waals surface area contributed by atoms with Crippen LogP contribution in [-0.2, 0) is 4.79 Å². The zero-order chi connectivity index (χ0) is 10.9. The maximum Gasteiger partial charge on any atom is 0.329 e. The van der Waals surface area contributed by atoms with E-state index in [4.69, 9.17) is 10.8 Å². The lowest BCUT2D eigenvalue weighted by molar-refractivity contribution is -0.144. The van der Waals surface area contributed by atoms with Crippen LogP contribution in [-0.4, -0.2) is 20.9 Å².